The lowest BCUT2D eigenvalue weighted by Crippen LogP contribution is -2.47. The molecule has 3 amide bonds. The molecule has 2 heterocycles. The highest BCUT2D eigenvalue weighted by molar-refractivity contribution is 6.62. The maximum atomic E-state index is 13.4. The predicted molar refractivity (Wildman–Crippen MR) is 131 cm³/mol. The molecule has 9 heteroatoms. The van der Waals surface area contributed by atoms with Gasteiger partial charge in [0.15, 0.2) is 0 Å². The Balaban J connectivity index is 1.56. The van der Waals surface area contributed by atoms with Crippen LogP contribution in [0.2, 0.25) is 10.0 Å². The molecule has 2 saturated heterocycles. The van der Waals surface area contributed by atoms with E-state index < -0.39 is 29.9 Å². The Bertz CT molecular complexity index is 1090. The number of amides is 3. The Morgan fingerprint density at radius 3 is 1.91 bits per heavy atom. The van der Waals surface area contributed by atoms with E-state index in [4.69, 9.17) is 32.5 Å². The van der Waals surface area contributed by atoms with E-state index in [-0.39, 0.29) is 5.91 Å². The molecule has 0 bridgehead atoms. The first kappa shape index (κ1) is 24.1. The van der Waals surface area contributed by atoms with E-state index in [1.54, 1.807) is 32.2 Å². The second kappa shape index (κ2) is 8.02. The van der Waals surface area contributed by atoms with Crippen LogP contribution in [0.1, 0.15) is 40.2 Å². The van der Waals surface area contributed by atoms with Gasteiger partial charge in [0, 0.05) is 23.5 Å². The zero-order valence-electron chi connectivity index (χ0n) is 19.6. The van der Waals surface area contributed by atoms with Crippen molar-refractivity contribution in [2.75, 3.05) is 11.9 Å². The van der Waals surface area contributed by atoms with Gasteiger partial charge in [0.1, 0.15) is 5.54 Å². The third kappa shape index (κ3) is 4.05. The lowest BCUT2D eigenvalue weighted by molar-refractivity contribution is -0.123. The SMILES string of the molecule is CN1C(=O)N(c2cc(Cl)cc(Cl)c2)C(=O)C1(C)Cc1ccc(B2OC(C)(C)C(C)(C)O2)cc1. The van der Waals surface area contributed by atoms with Crippen LogP contribution in [0.3, 0.4) is 0 Å². The molecule has 174 valence electrons. The Morgan fingerprint density at radius 2 is 1.39 bits per heavy atom. The molecule has 6 nitrogen and oxygen atoms in total. The molecule has 0 saturated carbocycles. The Labute approximate surface area is 204 Å². The van der Waals surface area contributed by atoms with Gasteiger partial charge in [-0.1, -0.05) is 47.5 Å². The van der Waals surface area contributed by atoms with Crippen LogP contribution >= 0.6 is 23.2 Å². The summed E-state index contributed by atoms with van der Waals surface area (Å²) in [6, 6.07) is 12.0. The molecule has 33 heavy (non-hydrogen) atoms. The third-order valence-electron chi connectivity index (χ3n) is 7.04. The maximum absolute atomic E-state index is 13.4. The second-order valence-electron chi connectivity index (χ2n) is 9.89. The maximum Gasteiger partial charge on any atom is 0.494 e. The molecule has 0 radical (unpaired) electrons. The van der Waals surface area contributed by atoms with E-state index in [0.717, 1.165) is 15.9 Å². The summed E-state index contributed by atoms with van der Waals surface area (Å²) in [5.74, 6) is -0.330. The van der Waals surface area contributed by atoms with Gasteiger partial charge >= 0.3 is 13.1 Å². The standard InChI is InChI=1S/C24H27BCl2N2O4/c1-22(2)23(3,4)33-25(32-22)16-9-7-15(8-10-16)14-24(5)20(30)29(21(31)28(24)6)19-12-17(26)11-18(27)13-19/h7-13H,14H2,1-6H3. The van der Waals surface area contributed by atoms with Crippen LogP contribution in [-0.2, 0) is 20.5 Å². The number of likely N-dealkylation sites (N-methyl/N-ethyl adjacent to an activating group) is 1. The number of urea groups is 1. The van der Waals surface area contributed by atoms with Crippen molar-refractivity contribution in [1.29, 1.82) is 0 Å². The minimum atomic E-state index is -1.06. The van der Waals surface area contributed by atoms with Crippen LogP contribution in [0.4, 0.5) is 10.5 Å². The van der Waals surface area contributed by atoms with Gasteiger partial charge in [-0.3, -0.25) is 4.79 Å². The number of halogens is 2. The predicted octanol–water partition coefficient (Wildman–Crippen LogP) is 4.69. The van der Waals surface area contributed by atoms with Crippen molar-refractivity contribution in [2.24, 2.45) is 0 Å². The van der Waals surface area contributed by atoms with Crippen LogP contribution in [-0.4, -0.2) is 47.7 Å². The van der Waals surface area contributed by atoms with Gasteiger partial charge < -0.3 is 14.2 Å². The molecule has 0 aromatic heterocycles. The van der Waals surface area contributed by atoms with Gasteiger partial charge in [0.2, 0.25) is 0 Å². The van der Waals surface area contributed by atoms with Gasteiger partial charge in [-0.05, 0) is 63.8 Å². The van der Waals surface area contributed by atoms with Crippen molar-refractivity contribution >= 4 is 53.4 Å². The van der Waals surface area contributed by atoms with E-state index in [2.05, 4.69) is 0 Å². The molecule has 2 aromatic rings. The molecule has 1 unspecified atom stereocenters. The number of rotatable bonds is 4. The molecule has 4 rings (SSSR count). The fourth-order valence-corrected chi connectivity index (χ4v) is 4.61. The number of nitrogens with zero attached hydrogens (tertiary/aromatic N) is 2. The molecule has 1 atom stereocenters. The number of hydrogen-bond acceptors (Lipinski definition) is 4. The van der Waals surface area contributed by atoms with Crippen LogP contribution in [0, 0.1) is 0 Å². The fraction of sp³-hybridized carbons (Fsp3) is 0.417. The van der Waals surface area contributed by atoms with Crippen LogP contribution < -0.4 is 10.4 Å². The molecular weight excluding hydrogens is 462 g/mol. The largest absolute Gasteiger partial charge is 0.494 e. The first-order valence-corrected chi connectivity index (χ1v) is 11.5. The Hall–Kier alpha value is -2.06. The van der Waals surface area contributed by atoms with Crippen LogP contribution in [0.15, 0.2) is 42.5 Å². The Morgan fingerprint density at radius 1 is 0.879 bits per heavy atom. The molecule has 2 aliphatic heterocycles. The molecule has 0 aliphatic carbocycles. The van der Waals surface area contributed by atoms with Crippen LogP contribution in [0.25, 0.3) is 0 Å². The number of hydrogen-bond donors (Lipinski definition) is 0. The molecule has 2 aromatic carbocycles. The summed E-state index contributed by atoms with van der Waals surface area (Å²) in [7, 11) is 1.17. The number of carbonyl (C=O) groups excluding carboxylic acids is 2. The topological polar surface area (TPSA) is 59.1 Å². The van der Waals surface area contributed by atoms with Crippen molar-refractivity contribution in [2.45, 2.75) is 57.8 Å². The highest BCUT2D eigenvalue weighted by atomic mass is 35.5. The number of benzene rings is 2. The number of carbonyl (C=O) groups is 2. The van der Waals surface area contributed by atoms with E-state index in [0.29, 0.717) is 22.2 Å². The van der Waals surface area contributed by atoms with Gasteiger partial charge in [-0.2, -0.15) is 0 Å². The summed E-state index contributed by atoms with van der Waals surface area (Å²) in [6.07, 6.45) is 0.350. The highest BCUT2D eigenvalue weighted by Gasteiger charge is 2.54. The summed E-state index contributed by atoms with van der Waals surface area (Å²) in [4.78, 5) is 29.0. The average Bonchev–Trinajstić information content (AvgIpc) is 3.02. The first-order valence-electron chi connectivity index (χ1n) is 10.8. The van der Waals surface area contributed by atoms with E-state index in [1.807, 2.05) is 52.0 Å². The van der Waals surface area contributed by atoms with Gasteiger partial charge in [-0.25, -0.2) is 9.69 Å². The van der Waals surface area contributed by atoms with Gasteiger partial charge in [-0.15, -0.1) is 0 Å². The van der Waals surface area contributed by atoms with Crippen LogP contribution in [0.5, 0.6) is 0 Å². The van der Waals surface area contributed by atoms with E-state index in [9.17, 15) is 9.59 Å². The van der Waals surface area contributed by atoms with Gasteiger partial charge in [0.05, 0.1) is 16.9 Å². The van der Waals surface area contributed by atoms with Crippen molar-refractivity contribution in [1.82, 2.24) is 4.90 Å². The summed E-state index contributed by atoms with van der Waals surface area (Å²) in [5, 5.41) is 0.709. The average molecular weight is 489 g/mol. The molecule has 2 aliphatic rings. The van der Waals surface area contributed by atoms with E-state index in [1.165, 1.54) is 4.90 Å². The molecular formula is C24H27BCl2N2O4. The highest BCUT2D eigenvalue weighted by Crippen LogP contribution is 2.37. The quantitative estimate of drug-likeness (QED) is 0.462. The monoisotopic (exact) mass is 488 g/mol. The molecule has 0 N–H and O–H groups in total. The van der Waals surface area contributed by atoms with Gasteiger partial charge in [0.25, 0.3) is 5.91 Å². The smallest absolute Gasteiger partial charge is 0.399 e. The van der Waals surface area contributed by atoms with Crippen molar-refractivity contribution in [3.63, 3.8) is 0 Å². The van der Waals surface area contributed by atoms with Crippen molar-refractivity contribution < 1.29 is 18.9 Å². The first-order chi connectivity index (χ1) is 15.2. The summed E-state index contributed by atoms with van der Waals surface area (Å²) in [6.45, 7) is 9.82. The third-order valence-corrected chi connectivity index (χ3v) is 7.48. The molecule has 0 spiro atoms. The zero-order chi connectivity index (χ0) is 24.3. The van der Waals surface area contributed by atoms with Crippen molar-refractivity contribution in [3.05, 3.63) is 58.1 Å². The molecule has 2 fully saturated rings. The normalized spacial score (nSPS) is 24.2. The zero-order valence-corrected chi connectivity index (χ0v) is 21.1. The van der Waals surface area contributed by atoms with E-state index >= 15 is 0 Å². The summed E-state index contributed by atoms with van der Waals surface area (Å²) < 4.78 is 12.2. The summed E-state index contributed by atoms with van der Waals surface area (Å²) in [5.41, 5.74) is 0.273. The minimum Gasteiger partial charge on any atom is -0.399 e. The minimum absolute atomic E-state index is 0.330. The summed E-state index contributed by atoms with van der Waals surface area (Å²) >= 11 is 12.2. The lowest BCUT2D eigenvalue weighted by atomic mass is 9.78. The lowest BCUT2D eigenvalue weighted by Gasteiger charge is -2.32. The van der Waals surface area contributed by atoms with Crippen molar-refractivity contribution in [3.8, 4) is 0 Å². The number of imide groups is 1. The number of anilines is 1. The fourth-order valence-electron chi connectivity index (χ4n) is 4.09. The Kier molecular flexibility index (Phi) is 5.85. The second-order valence-corrected chi connectivity index (χ2v) is 10.8.